The van der Waals surface area contributed by atoms with Crippen LogP contribution in [0.25, 0.3) is 28.2 Å². The first-order chi connectivity index (χ1) is 11.5. The Balaban J connectivity index is 1.97. The average molecular weight is 328 g/mol. The van der Waals surface area contributed by atoms with Crippen molar-refractivity contribution in [3.05, 3.63) is 66.6 Å². The zero-order valence-corrected chi connectivity index (χ0v) is 12.2. The summed E-state index contributed by atoms with van der Waals surface area (Å²) < 4.78 is 41.1. The van der Waals surface area contributed by atoms with Crippen LogP contribution in [0.5, 0.6) is 0 Å². The molecule has 0 bridgehead atoms. The molecule has 0 aliphatic heterocycles. The molecule has 1 N–H and O–H groups in total. The monoisotopic (exact) mass is 328 g/mol. The van der Waals surface area contributed by atoms with Crippen molar-refractivity contribution in [2.75, 3.05) is 0 Å². The highest BCUT2D eigenvalue weighted by atomic mass is 19.4. The van der Waals surface area contributed by atoms with Gasteiger partial charge in [0.15, 0.2) is 5.82 Å². The van der Waals surface area contributed by atoms with E-state index in [9.17, 15) is 13.2 Å². The number of hydrogen-bond donors (Lipinski definition) is 1. The fourth-order valence-corrected chi connectivity index (χ4v) is 2.63. The minimum absolute atomic E-state index is 0.254. The van der Waals surface area contributed by atoms with Crippen molar-refractivity contribution in [3.63, 3.8) is 0 Å². The molecule has 0 atom stereocenters. The van der Waals surface area contributed by atoms with Crippen molar-refractivity contribution in [1.29, 1.82) is 0 Å². The second kappa shape index (κ2) is 5.23. The predicted octanol–water partition coefficient (Wildman–Crippen LogP) is 4.43. The van der Waals surface area contributed by atoms with Crippen LogP contribution in [0.2, 0.25) is 0 Å². The van der Waals surface area contributed by atoms with Crippen molar-refractivity contribution in [2.24, 2.45) is 0 Å². The van der Waals surface area contributed by atoms with E-state index in [-0.39, 0.29) is 5.69 Å². The summed E-state index contributed by atoms with van der Waals surface area (Å²) in [6.45, 7) is 0. The minimum atomic E-state index is -4.57. The molecule has 0 fully saturated rings. The van der Waals surface area contributed by atoms with Crippen molar-refractivity contribution < 1.29 is 13.2 Å². The van der Waals surface area contributed by atoms with E-state index in [1.807, 2.05) is 18.2 Å². The number of aromatic nitrogens is 4. The lowest BCUT2D eigenvalue weighted by Gasteiger charge is -2.12. The molecule has 2 heterocycles. The first-order valence-corrected chi connectivity index (χ1v) is 7.19. The summed E-state index contributed by atoms with van der Waals surface area (Å²) in [5.74, 6) is -0.646. The molecule has 2 aromatic heterocycles. The first-order valence-electron chi connectivity index (χ1n) is 7.19. The van der Waals surface area contributed by atoms with Crippen molar-refractivity contribution in [1.82, 2.24) is 19.5 Å². The molecule has 4 aromatic rings. The molecule has 0 unspecified atom stereocenters. The summed E-state index contributed by atoms with van der Waals surface area (Å²) >= 11 is 0. The number of nitrogens with one attached hydrogen (secondary N) is 1. The molecule has 0 saturated carbocycles. The first kappa shape index (κ1) is 14.5. The number of alkyl halides is 3. The third-order valence-electron chi connectivity index (χ3n) is 3.66. The third-order valence-corrected chi connectivity index (χ3v) is 3.66. The average Bonchev–Trinajstić information content (AvgIpc) is 3.19. The highest BCUT2D eigenvalue weighted by molar-refractivity contribution is 5.78. The number of para-hydroxylation sites is 3. The topological polar surface area (TPSA) is 46.5 Å². The van der Waals surface area contributed by atoms with Crippen molar-refractivity contribution in [2.45, 2.75) is 6.18 Å². The summed E-state index contributed by atoms with van der Waals surface area (Å²) in [5.41, 5.74) is 2.06. The molecule has 4 rings (SSSR count). The highest BCUT2D eigenvalue weighted by Gasteiger charge is 2.38. The van der Waals surface area contributed by atoms with E-state index in [2.05, 4.69) is 15.0 Å². The molecule has 4 nitrogen and oxygen atoms in total. The van der Waals surface area contributed by atoms with Gasteiger partial charge in [0.05, 0.1) is 17.2 Å². The fraction of sp³-hybridized carbons (Fsp3) is 0.0588. The maximum atomic E-state index is 13.4. The number of halogens is 3. The van der Waals surface area contributed by atoms with Crippen LogP contribution in [0.3, 0.4) is 0 Å². The van der Waals surface area contributed by atoms with Crippen LogP contribution in [0.4, 0.5) is 13.2 Å². The van der Waals surface area contributed by atoms with Crippen LogP contribution in [-0.4, -0.2) is 19.5 Å². The Morgan fingerprint density at radius 2 is 1.62 bits per heavy atom. The van der Waals surface area contributed by atoms with E-state index in [0.717, 1.165) is 10.1 Å². The van der Waals surface area contributed by atoms with Gasteiger partial charge >= 0.3 is 6.18 Å². The van der Waals surface area contributed by atoms with E-state index in [1.165, 1.54) is 6.20 Å². The smallest absolute Gasteiger partial charge is 0.337 e. The normalized spacial score (nSPS) is 12.0. The summed E-state index contributed by atoms with van der Waals surface area (Å²) in [6.07, 6.45) is -3.38. The lowest BCUT2D eigenvalue weighted by Crippen LogP contribution is -2.14. The van der Waals surface area contributed by atoms with Gasteiger partial charge in [-0.05, 0) is 24.3 Å². The lowest BCUT2D eigenvalue weighted by atomic mass is 10.3. The highest BCUT2D eigenvalue weighted by Crippen LogP contribution is 2.34. The molecule has 24 heavy (non-hydrogen) atoms. The van der Waals surface area contributed by atoms with Gasteiger partial charge in [0.1, 0.15) is 5.69 Å². The van der Waals surface area contributed by atoms with Gasteiger partial charge in [-0.3, -0.25) is 4.57 Å². The van der Waals surface area contributed by atoms with Crippen molar-refractivity contribution >= 4 is 11.0 Å². The van der Waals surface area contributed by atoms with Gasteiger partial charge in [-0.15, -0.1) is 0 Å². The standard InChI is InChI=1S/C17H11F3N4/c18-17(19,20)16-21-10-14(24(16)11-6-2-1-3-7-11)15-22-12-8-4-5-9-13(12)23-15/h1-10H,(H,22,23). The van der Waals surface area contributed by atoms with Gasteiger partial charge < -0.3 is 4.98 Å². The summed E-state index contributed by atoms with van der Waals surface area (Å²) in [5, 5.41) is 0. The molecule has 0 aliphatic rings. The van der Waals surface area contributed by atoms with E-state index >= 15 is 0 Å². The molecule has 0 aliphatic carbocycles. The van der Waals surface area contributed by atoms with Gasteiger partial charge in [-0.25, -0.2) is 9.97 Å². The van der Waals surface area contributed by atoms with Crippen LogP contribution in [0.15, 0.2) is 60.8 Å². The Bertz CT molecular complexity index is 967. The molecular weight excluding hydrogens is 317 g/mol. The lowest BCUT2D eigenvalue weighted by molar-refractivity contribution is -0.145. The minimum Gasteiger partial charge on any atom is -0.337 e. The Hall–Kier alpha value is -3.09. The Morgan fingerprint density at radius 1 is 0.917 bits per heavy atom. The zero-order valence-electron chi connectivity index (χ0n) is 12.2. The number of hydrogen-bond acceptors (Lipinski definition) is 2. The number of nitrogens with zero attached hydrogens (tertiary/aromatic N) is 3. The number of H-pyrrole nitrogens is 1. The van der Waals surface area contributed by atoms with Gasteiger partial charge in [-0.1, -0.05) is 30.3 Å². The molecule has 0 spiro atoms. The second-order valence-corrected chi connectivity index (χ2v) is 5.24. The maximum absolute atomic E-state index is 13.4. The van der Waals surface area contributed by atoms with Gasteiger partial charge in [0, 0.05) is 5.69 Å². The SMILES string of the molecule is FC(F)(F)c1ncc(-c2nc3ccccc3[nH]2)n1-c1ccccc1. The molecule has 0 radical (unpaired) electrons. The van der Waals surface area contributed by atoms with Gasteiger partial charge in [0.2, 0.25) is 5.82 Å². The van der Waals surface area contributed by atoms with Gasteiger partial charge in [0.25, 0.3) is 0 Å². The molecule has 120 valence electrons. The number of imidazole rings is 2. The number of benzene rings is 2. The third kappa shape index (κ3) is 2.34. The summed E-state index contributed by atoms with van der Waals surface area (Å²) in [4.78, 5) is 11.0. The van der Waals surface area contributed by atoms with Crippen LogP contribution < -0.4 is 0 Å². The van der Waals surface area contributed by atoms with Crippen LogP contribution >= 0.6 is 0 Å². The van der Waals surface area contributed by atoms with Gasteiger partial charge in [-0.2, -0.15) is 13.2 Å². The van der Waals surface area contributed by atoms with Crippen molar-refractivity contribution in [3.8, 4) is 17.2 Å². The Kier molecular flexibility index (Phi) is 3.16. The quantitative estimate of drug-likeness (QED) is 0.591. The van der Waals surface area contributed by atoms with Crippen LogP contribution in [0, 0.1) is 0 Å². The van der Waals surface area contributed by atoms with Crippen LogP contribution in [-0.2, 0) is 6.18 Å². The van der Waals surface area contributed by atoms with E-state index in [0.29, 0.717) is 17.0 Å². The predicted molar refractivity (Wildman–Crippen MR) is 83.7 cm³/mol. The molecule has 2 aromatic carbocycles. The van der Waals surface area contributed by atoms with Crippen LogP contribution in [0.1, 0.15) is 5.82 Å². The summed E-state index contributed by atoms with van der Waals surface area (Å²) in [6, 6.07) is 15.6. The Labute approximate surface area is 134 Å². The number of fused-ring (bicyclic) bond motifs is 1. The van der Waals surface area contributed by atoms with E-state index in [1.54, 1.807) is 36.4 Å². The second-order valence-electron chi connectivity index (χ2n) is 5.24. The zero-order chi connectivity index (χ0) is 16.7. The van der Waals surface area contributed by atoms with E-state index in [4.69, 9.17) is 0 Å². The largest absolute Gasteiger partial charge is 0.450 e. The fourth-order valence-electron chi connectivity index (χ4n) is 2.63. The van der Waals surface area contributed by atoms with E-state index < -0.39 is 12.0 Å². The molecule has 0 amide bonds. The maximum Gasteiger partial charge on any atom is 0.450 e. The number of rotatable bonds is 2. The Morgan fingerprint density at radius 3 is 2.33 bits per heavy atom. The molecule has 0 saturated heterocycles. The molecular formula is C17H11F3N4. The molecule has 7 heteroatoms. The number of aromatic amines is 1. The summed E-state index contributed by atoms with van der Waals surface area (Å²) in [7, 11) is 0.